The van der Waals surface area contributed by atoms with Crippen LogP contribution >= 0.6 is 17.0 Å². The number of nitrogens with zero attached hydrogens (tertiary/aromatic N) is 2. The van der Waals surface area contributed by atoms with Crippen molar-refractivity contribution in [1.29, 1.82) is 0 Å². The zero-order valence-corrected chi connectivity index (χ0v) is 14.2. The van der Waals surface area contributed by atoms with Gasteiger partial charge < -0.3 is 4.90 Å². The first-order valence-corrected chi connectivity index (χ1v) is 7.71. The normalized spacial score (nSPS) is 26.5. The molecule has 0 saturated carbocycles. The summed E-state index contributed by atoms with van der Waals surface area (Å²) in [5.74, 6) is -0.208. The van der Waals surface area contributed by atoms with E-state index >= 15 is 0 Å². The third kappa shape index (κ3) is 2.59. The van der Waals surface area contributed by atoms with E-state index < -0.39 is 0 Å². The molecular formula is C18H20BrFN2. The molecule has 2 fully saturated rings. The van der Waals surface area contributed by atoms with Crippen molar-refractivity contribution in [2.24, 2.45) is 0 Å². The van der Waals surface area contributed by atoms with E-state index in [4.69, 9.17) is 0 Å². The second-order valence-corrected chi connectivity index (χ2v) is 6.32. The van der Waals surface area contributed by atoms with Gasteiger partial charge in [0, 0.05) is 23.7 Å². The molecule has 2 nitrogen and oxygen atoms in total. The molecule has 2 aliphatic rings. The second kappa shape index (κ2) is 6.09. The van der Waals surface area contributed by atoms with Crippen LogP contribution in [0.3, 0.4) is 0 Å². The number of fused-ring (bicyclic) bond motifs is 2. The number of hydrogen-bond acceptors (Lipinski definition) is 2. The van der Waals surface area contributed by atoms with Gasteiger partial charge in [-0.3, -0.25) is 4.98 Å². The number of hydrogen-bond donors (Lipinski definition) is 0. The van der Waals surface area contributed by atoms with Crippen LogP contribution in [0.5, 0.6) is 0 Å². The van der Waals surface area contributed by atoms with Gasteiger partial charge in [0.05, 0.1) is 5.69 Å². The molecule has 0 amide bonds. The van der Waals surface area contributed by atoms with Crippen molar-refractivity contribution in [3.05, 3.63) is 54.0 Å². The lowest BCUT2D eigenvalue weighted by Gasteiger charge is -2.34. The molecule has 0 aliphatic carbocycles. The van der Waals surface area contributed by atoms with Crippen molar-refractivity contribution in [1.82, 2.24) is 9.88 Å². The summed E-state index contributed by atoms with van der Waals surface area (Å²) in [7, 11) is 0. The van der Waals surface area contributed by atoms with Crippen LogP contribution in [0.25, 0.3) is 11.3 Å². The molecule has 2 bridgehead atoms. The Balaban J connectivity index is 0.00000144. The van der Waals surface area contributed by atoms with Gasteiger partial charge in [-0.05, 0) is 56.1 Å². The molecule has 2 atom stereocenters. The fourth-order valence-electron chi connectivity index (χ4n) is 3.91. The molecule has 4 rings (SSSR count). The Bertz CT molecular complexity index is 654. The number of halogens is 2. The number of pyridine rings is 1. The zero-order valence-electron chi connectivity index (χ0n) is 12.5. The van der Waals surface area contributed by atoms with E-state index in [2.05, 4.69) is 16.0 Å². The third-order valence-corrected chi connectivity index (χ3v) is 5.09. The molecule has 1 aromatic carbocycles. The van der Waals surface area contributed by atoms with Crippen LogP contribution in [-0.4, -0.2) is 29.5 Å². The summed E-state index contributed by atoms with van der Waals surface area (Å²) in [6, 6.07) is 11.0. The molecule has 1 aromatic heterocycles. The standard InChI is InChI=1S/C18H19FN2.BrH/c19-16-5-2-1-4-15(16)17-7-6-14(12-20-17)18-8-3-10-21(13-18)11-9-18;/h1-2,4-7,12H,3,8-11,13H2;1H. The molecule has 22 heavy (non-hydrogen) atoms. The van der Waals surface area contributed by atoms with Gasteiger partial charge in [0.15, 0.2) is 0 Å². The highest BCUT2D eigenvalue weighted by molar-refractivity contribution is 8.93. The quantitative estimate of drug-likeness (QED) is 0.795. The highest BCUT2D eigenvalue weighted by Crippen LogP contribution is 2.42. The fourth-order valence-corrected chi connectivity index (χ4v) is 3.91. The SMILES string of the molecule is Br.Fc1ccccc1-c1ccc(C23CCCN(CC2)C3)cn1. The third-order valence-electron chi connectivity index (χ3n) is 5.09. The van der Waals surface area contributed by atoms with Gasteiger partial charge in [-0.2, -0.15) is 0 Å². The number of benzene rings is 1. The van der Waals surface area contributed by atoms with E-state index in [9.17, 15) is 4.39 Å². The highest BCUT2D eigenvalue weighted by Gasteiger charge is 2.42. The maximum absolute atomic E-state index is 13.8. The molecule has 0 spiro atoms. The van der Waals surface area contributed by atoms with Gasteiger partial charge in [-0.15, -0.1) is 17.0 Å². The molecule has 3 heterocycles. The Morgan fingerprint density at radius 1 is 1.05 bits per heavy atom. The second-order valence-electron chi connectivity index (χ2n) is 6.32. The number of rotatable bonds is 2. The largest absolute Gasteiger partial charge is 0.302 e. The topological polar surface area (TPSA) is 16.1 Å². The first-order chi connectivity index (χ1) is 10.3. The molecule has 116 valence electrons. The molecule has 2 saturated heterocycles. The molecular weight excluding hydrogens is 343 g/mol. The first-order valence-electron chi connectivity index (χ1n) is 7.71. The molecule has 2 aliphatic heterocycles. The van der Waals surface area contributed by atoms with E-state index in [1.54, 1.807) is 12.1 Å². The molecule has 2 unspecified atom stereocenters. The summed E-state index contributed by atoms with van der Waals surface area (Å²) in [5.41, 5.74) is 2.92. The lowest BCUT2D eigenvalue weighted by atomic mass is 9.75. The lowest BCUT2D eigenvalue weighted by Crippen LogP contribution is -2.36. The Morgan fingerprint density at radius 3 is 2.68 bits per heavy atom. The van der Waals surface area contributed by atoms with Crippen LogP contribution in [0.1, 0.15) is 24.8 Å². The monoisotopic (exact) mass is 362 g/mol. The Kier molecular flexibility index (Phi) is 4.33. The van der Waals surface area contributed by atoms with Crippen molar-refractivity contribution in [2.75, 3.05) is 19.6 Å². The van der Waals surface area contributed by atoms with Gasteiger partial charge >= 0.3 is 0 Å². The summed E-state index contributed by atoms with van der Waals surface area (Å²) >= 11 is 0. The van der Waals surface area contributed by atoms with Crippen molar-refractivity contribution in [3.8, 4) is 11.3 Å². The van der Waals surface area contributed by atoms with E-state index in [1.165, 1.54) is 44.0 Å². The summed E-state index contributed by atoms with van der Waals surface area (Å²) in [4.78, 5) is 7.09. The van der Waals surface area contributed by atoms with E-state index in [0.29, 0.717) is 11.0 Å². The Labute approximate surface area is 141 Å². The summed E-state index contributed by atoms with van der Waals surface area (Å²) in [6.45, 7) is 3.60. The minimum Gasteiger partial charge on any atom is -0.302 e. The van der Waals surface area contributed by atoms with Gasteiger partial charge in [0.25, 0.3) is 0 Å². The molecule has 0 radical (unpaired) electrons. The first kappa shape index (κ1) is 15.6. The van der Waals surface area contributed by atoms with Crippen LogP contribution in [0.4, 0.5) is 4.39 Å². The summed E-state index contributed by atoms with van der Waals surface area (Å²) < 4.78 is 13.8. The average molecular weight is 363 g/mol. The van der Waals surface area contributed by atoms with Gasteiger partial charge in [-0.1, -0.05) is 18.2 Å². The maximum atomic E-state index is 13.8. The predicted molar refractivity (Wildman–Crippen MR) is 91.9 cm³/mol. The minimum absolute atomic E-state index is 0. The minimum atomic E-state index is -0.208. The predicted octanol–water partition coefficient (Wildman–Crippen LogP) is 4.20. The number of aromatic nitrogens is 1. The van der Waals surface area contributed by atoms with Crippen LogP contribution in [0.2, 0.25) is 0 Å². The maximum Gasteiger partial charge on any atom is 0.132 e. The smallest absolute Gasteiger partial charge is 0.132 e. The van der Waals surface area contributed by atoms with Crippen LogP contribution in [0.15, 0.2) is 42.6 Å². The van der Waals surface area contributed by atoms with Gasteiger partial charge in [0.2, 0.25) is 0 Å². The zero-order chi connectivity index (χ0) is 14.3. The van der Waals surface area contributed by atoms with Crippen LogP contribution in [0, 0.1) is 5.82 Å². The van der Waals surface area contributed by atoms with E-state index in [0.717, 1.165) is 12.2 Å². The van der Waals surface area contributed by atoms with Crippen LogP contribution in [-0.2, 0) is 5.41 Å². The Morgan fingerprint density at radius 2 is 1.91 bits per heavy atom. The van der Waals surface area contributed by atoms with Gasteiger partial charge in [0.1, 0.15) is 5.82 Å². The van der Waals surface area contributed by atoms with Crippen molar-refractivity contribution in [2.45, 2.75) is 24.7 Å². The number of piperidine rings is 1. The highest BCUT2D eigenvalue weighted by atomic mass is 79.9. The summed E-state index contributed by atoms with van der Waals surface area (Å²) in [5, 5.41) is 0. The van der Waals surface area contributed by atoms with Gasteiger partial charge in [-0.25, -0.2) is 4.39 Å². The lowest BCUT2D eigenvalue weighted by molar-refractivity contribution is 0.243. The summed E-state index contributed by atoms with van der Waals surface area (Å²) in [6.07, 6.45) is 5.73. The Hall–Kier alpha value is -1.26. The fraction of sp³-hybridized carbons (Fsp3) is 0.389. The molecule has 4 heteroatoms. The molecule has 0 N–H and O–H groups in total. The van der Waals surface area contributed by atoms with E-state index in [1.807, 2.05) is 18.3 Å². The van der Waals surface area contributed by atoms with Crippen molar-refractivity contribution >= 4 is 17.0 Å². The van der Waals surface area contributed by atoms with Crippen LogP contribution < -0.4 is 0 Å². The van der Waals surface area contributed by atoms with Crippen molar-refractivity contribution in [3.63, 3.8) is 0 Å². The van der Waals surface area contributed by atoms with E-state index in [-0.39, 0.29) is 22.8 Å². The average Bonchev–Trinajstić information content (AvgIpc) is 2.84. The molecule has 2 aromatic rings. The van der Waals surface area contributed by atoms with Crippen molar-refractivity contribution < 1.29 is 4.39 Å².